The fourth-order valence-electron chi connectivity index (χ4n) is 2.64. The van der Waals surface area contributed by atoms with Gasteiger partial charge in [0.15, 0.2) is 17.4 Å². The molecule has 9 nitrogen and oxygen atoms in total. The van der Waals surface area contributed by atoms with E-state index in [0.29, 0.717) is 24.7 Å². The number of carbonyl (C=O) groups excluding carboxylic acids is 1. The molecule has 1 aliphatic heterocycles. The zero-order valence-electron chi connectivity index (χ0n) is 13.5. The predicted octanol–water partition coefficient (Wildman–Crippen LogP) is 0.446. The lowest BCUT2D eigenvalue weighted by Crippen LogP contribution is -2.60. The maximum absolute atomic E-state index is 12.3. The van der Waals surface area contributed by atoms with E-state index in [9.17, 15) is 9.90 Å². The number of rotatable bonds is 4. The second-order valence-electron chi connectivity index (χ2n) is 5.91. The fraction of sp³-hybridized carbons (Fsp3) is 0.312. The third-order valence-electron chi connectivity index (χ3n) is 4.25. The molecular weight excluding hydrogens is 324 g/mol. The number of amides is 1. The first kappa shape index (κ1) is 15.5. The minimum atomic E-state index is -0.468. The first-order valence-electron chi connectivity index (χ1n) is 7.87. The number of aromatic nitrogens is 5. The van der Waals surface area contributed by atoms with Gasteiger partial charge in [0.05, 0.1) is 31.0 Å². The van der Waals surface area contributed by atoms with Crippen LogP contribution in [-0.4, -0.2) is 59.6 Å². The Hall–Kier alpha value is -3.07. The average molecular weight is 340 g/mol. The van der Waals surface area contributed by atoms with Gasteiger partial charge in [0.25, 0.3) is 5.91 Å². The van der Waals surface area contributed by atoms with Crippen molar-refractivity contribution in [2.75, 3.05) is 6.54 Å². The molecule has 4 heterocycles. The molecule has 1 N–H and O–H groups in total. The van der Waals surface area contributed by atoms with Crippen molar-refractivity contribution >= 4 is 5.91 Å². The van der Waals surface area contributed by atoms with Crippen LogP contribution in [0.5, 0.6) is 0 Å². The fourth-order valence-corrected chi connectivity index (χ4v) is 2.64. The minimum Gasteiger partial charge on any atom is -0.448 e. The molecule has 25 heavy (non-hydrogen) atoms. The quantitative estimate of drug-likeness (QED) is 0.734. The van der Waals surface area contributed by atoms with Gasteiger partial charge in [0.2, 0.25) is 0 Å². The Morgan fingerprint density at radius 1 is 1.36 bits per heavy atom. The van der Waals surface area contributed by atoms with Gasteiger partial charge in [-0.2, -0.15) is 10.2 Å². The van der Waals surface area contributed by atoms with Gasteiger partial charge in [-0.3, -0.25) is 4.79 Å². The summed E-state index contributed by atoms with van der Waals surface area (Å²) in [4.78, 5) is 23.8. The third kappa shape index (κ3) is 2.89. The molecule has 3 aromatic heterocycles. The molecule has 0 aliphatic carbocycles. The summed E-state index contributed by atoms with van der Waals surface area (Å²) in [6.45, 7) is 2.13. The summed E-state index contributed by atoms with van der Waals surface area (Å²) in [7, 11) is 0. The monoisotopic (exact) mass is 340 g/mol. The van der Waals surface area contributed by atoms with Crippen LogP contribution >= 0.6 is 0 Å². The molecule has 2 atom stereocenters. The number of aliphatic hydroxyl groups excluding tert-OH is 1. The zero-order chi connectivity index (χ0) is 17.4. The minimum absolute atomic E-state index is 0.194. The van der Waals surface area contributed by atoms with E-state index in [-0.39, 0.29) is 17.6 Å². The van der Waals surface area contributed by atoms with Gasteiger partial charge in [-0.15, -0.1) is 4.80 Å². The summed E-state index contributed by atoms with van der Waals surface area (Å²) in [6.07, 6.45) is 6.16. The standard InChI is InChI=1S/C16H16N6O3/c1-10-13(23)8-21(10)16(24)12-9-25-15(20-12)6-11-2-3-14(17-7-11)22-18-4-5-19-22/h2-5,7,9-10,13,23H,6,8H2,1H3. The van der Waals surface area contributed by atoms with Gasteiger partial charge in [0.1, 0.15) is 6.26 Å². The number of β-amino-alcohol motifs (C(OH)–C–C–N with tert-alkyl or cyclic N) is 1. The molecule has 1 fully saturated rings. The Balaban J connectivity index is 1.43. The molecule has 0 aromatic carbocycles. The lowest BCUT2D eigenvalue weighted by molar-refractivity contribution is -0.0360. The lowest BCUT2D eigenvalue weighted by Gasteiger charge is -2.42. The van der Waals surface area contributed by atoms with E-state index in [1.807, 2.05) is 6.07 Å². The second-order valence-corrected chi connectivity index (χ2v) is 5.91. The highest BCUT2D eigenvalue weighted by Crippen LogP contribution is 2.21. The molecule has 9 heteroatoms. The van der Waals surface area contributed by atoms with Gasteiger partial charge in [-0.1, -0.05) is 6.07 Å². The molecule has 2 unspecified atom stereocenters. The van der Waals surface area contributed by atoms with Crippen LogP contribution in [0.4, 0.5) is 0 Å². The van der Waals surface area contributed by atoms with Crippen LogP contribution in [0, 0.1) is 0 Å². The van der Waals surface area contributed by atoms with E-state index in [1.165, 1.54) is 11.1 Å². The molecule has 0 bridgehead atoms. The van der Waals surface area contributed by atoms with Crippen molar-refractivity contribution in [1.82, 2.24) is 29.9 Å². The first-order valence-corrected chi connectivity index (χ1v) is 7.87. The van der Waals surface area contributed by atoms with Crippen LogP contribution in [0.2, 0.25) is 0 Å². The van der Waals surface area contributed by atoms with Gasteiger partial charge in [0, 0.05) is 12.7 Å². The van der Waals surface area contributed by atoms with Crippen molar-refractivity contribution in [3.63, 3.8) is 0 Å². The number of hydrogen-bond acceptors (Lipinski definition) is 7. The number of aliphatic hydroxyl groups is 1. The van der Waals surface area contributed by atoms with E-state index in [2.05, 4.69) is 20.2 Å². The van der Waals surface area contributed by atoms with Gasteiger partial charge in [-0.05, 0) is 18.6 Å². The maximum atomic E-state index is 12.3. The number of hydrogen-bond donors (Lipinski definition) is 1. The summed E-state index contributed by atoms with van der Waals surface area (Å²) in [5, 5.41) is 17.6. The molecule has 0 radical (unpaired) electrons. The SMILES string of the molecule is CC1C(O)CN1C(=O)c1coc(Cc2ccc(-n3nccn3)nc2)n1. The van der Waals surface area contributed by atoms with Crippen molar-refractivity contribution in [2.45, 2.75) is 25.5 Å². The summed E-state index contributed by atoms with van der Waals surface area (Å²) < 4.78 is 5.39. The van der Waals surface area contributed by atoms with E-state index < -0.39 is 6.10 Å². The maximum Gasteiger partial charge on any atom is 0.276 e. The molecule has 0 saturated carbocycles. The Labute approximate surface area is 142 Å². The molecule has 3 aromatic rings. The van der Waals surface area contributed by atoms with Gasteiger partial charge >= 0.3 is 0 Å². The number of likely N-dealkylation sites (tertiary alicyclic amines) is 1. The third-order valence-corrected chi connectivity index (χ3v) is 4.25. The molecule has 0 spiro atoms. The highest BCUT2D eigenvalue weighted by atomic mass is 16.3. The first-order chi connectivity index (χ1) is 12.1. The molecule has 1 aliphatic rings. The van der Waals surface area contributed by atoms with Gasteiger partial charge < -0.3 is 14.4 Å². The largest absolute Gasteiger partial charge is 0.448 e. The molecule has 1 saturated heterocycles. The number of nitrogens with zero attached hydrogens (tertiary/aromatic N) is 6. The van der Waals surface area contributed by atoms with Crippen molar-refractivity contribution in [2.24, 2.45) is 0 Å². The molecule has 1 amide bonds. The van der Waals surface area contributed by atoms with Crippen LogP contribution in [0.3, 0.4) is 0 Å². The van der Waals surface area contributed by atoms with Crippen LogP contribution in [0.25, 0.3) is 5.82 Å². The summed E-state index contributed by atoms with van der Waals surface area (Å²) in [6, 6.07) is 3.49. The Bertz CT molecular complexity index is 874. The van der Waals surface area contributed by atoms with Crippen molar-refractivity contribution < 1.29 is 14.3 Å². The van der Waals surface area contributed by atoms with Crippen molar-refractivity contribution in [3.8, 4) is 5.82 Å². The van der Waals surface area contributed by atoms with Crippen LogP contribution in [0.1, 0.15) is 28.9 Å². The number of oxazole rings is 1. The summed E-state index contributed by atoms with van der Waals surface area (Å²) in [5.41, 5.74) is 1.14. The zero-order valence-corrected chi connectivity index (χ0v) is 13.5. The smallest absolute Gasteiger partial charge is 0.276 e. The predicted molar refractivity (Wildman–Crippen MR) is 85.0 cm³/mol. The Morgan fingerprint density at radius 3 is 2.80 bits per heavy atom. The van der Waals surface area contributed by atoms with Crippen molar-refractivity contribution in [3.05, 3.63) is 54.1 Å². The second kappa shape index (κ2) is 6.10. The summed E-state index contributed by atoms with van der Waals surface area (Å²) >= 11 is 0. The van der Waals surface area contributed by atoms with Crippen LogP contribution < -0.4 is 0 Å². The van der Waals surface area contributed by atoms with E-state index in [1.54, 1.807) is 36.5 Å². The molecule has 4 rings (SSSR count). The van der Waals surface area contributed by atoms with Crippen LogP contribution in [-0.2, 0) is 6.42 Å². The lowest BCUT2D eigenvalue weighted by atomic mass is 10.0. The number of pyridine rings is 1. The van der Waals surface area contributed by atoms with E-state index in [0.717, 1.165) is 5.56 Å². The molecular formula is C16H16N6O3. The Morgan fingerprint density at radius 2 is 2.16 bits per heavy atom. The summed E-state index contributed by atoms with van der Waals surface area (Å²) in [5.74, 6) is 0.817. The van der Waals surface area contributed by atoms with E-state index >= 15 is 0 Å². The van der Waals surface area contributed by atoms with Crippen molar-refractivity contribution in [1.29, 1.82) is 0 Å². The normalized spacial score (nSPS) is 19.7. The highest BCUT2D eigenvalue weighted by molar-refractivity contribution is 5.92. The average Bonchev–Trinajstić information content (AvgIpc) is 3.31. The molecule has 128 valence electrons. The highest BCUT2D eigenvalue weighted by Gasteiger charge is 2.38. The van der Waals surface area contributed by atoms with E-state index in [4.69, 9.17) is 4.42 Å². The van der Waals surface area contributed by atoms with Crippen LogP contribution in [0.15, 0.2) is 41.4 Å². The number of carbonyl (C=O) groups is 1. The topological polar surface area (TPSA) is 110 Å². The Kier molecular flexibility index (Phi) is 3.77. The van der Waals surface area contributed by atoms with Gasteiger partial charge in [-0.25, -0.2) is 9.97 Å².